The summed E-state index contributed by atoms with van der Waals surface area (Å²) in [4.78, 5) is 4.07. The third kappa shape index (κ3) is 3.25. The summed E-state index contributed by atoms with van der Waals surface area (Å²) in [6.07, 6.45) is 1.64. The summed E-state index contributed by atoms with van der Waals surface area (Å²) in [5.41, 5.74) is 0.932. The zero-order valence-electron chi connectivity index (χ0n) is 8.66. The Bertz CT molecular complexity index is 531. The first-order valence-electron chi connectivity index (χ1n) is 4.83. The van der Waals surface area contributed by atoms with Crippen molar-refractivity contribution in [2.45, 2.75) is 5.88 Å². The van der Waals surface area contributed by atoms with Crippen LogP contribution in [0.5, 0.6) is 11.6 Å². The first-order valence-corrected chi connectivity index (χ1v) is 6.12. The van der Waals surface area contributed by atoms with Crippen molar-refractivity contribution in [3.63, 3.8) is 0 Å². The molecule has 17 heavy (non-hydrogen) atoms. The lowest BCUT2D eigenvalue weighted by Gasteiger charge is -2.07. The van der Waals surface area contributed by atoms with E-state index >= 15 is 0 Å². The predicted octanol–water partition coefficient (Wildman–Crippen LogP) is 4.92. The Kier molecular flexibility index (Phi) is 4.11. The molecule has 1 aromatic carbocycles. The van der Waals surface area contributed by atoms with Gasteiger partial charge in [0, 0.05) is 23.2 Å². The van der Waals surface area contributed by atoms with E-state index in [2.05, 4.69) is 4.98 Å². The van der Waals surface area contributed by atoms with E-state index in [1.54, 1.807) is 30.5 Å². The molecule has 0 amide bonds. The van der Waals surface area contributed by atoms with Crippen LogP contribution in [0.25, 0.3) is 0 Å². The number of pyridine rings is 1. The quantitative estimate of drug-likeness (QED) is 0.748. The molecule has 0 aliphatic carbocycles. The SMILES string of the molecule is ClCc1ccnc(Oc2ccc(Cl)cc2Cl)c1. The Labute approximate surface area is 114 Å². The topological polar surface area (TPSA) is 22.1 Å². The van der Waals surface area contributed by atoms with E-state index in [1.807, 2.05) is 6.07 Å². The Morgan fingerprint density at radius 3 is 2.65 bits per heavy atom. The molecule has 1 aromatic heterocycles. The zero-order valence-corrected chi connectivity index (χ0v) is 10.9. The lowest BCUT2D eigenvalue weighted by Crippen LogP contribution is -1.90. The second kappa shape index (κ2) is 5.58. The second-order valence-electron chi connectivity index (χ2n) is 3.31. The molecular formula is C12H8Cl3NO. The van der Waals surface area contributed by atoms with Crippen molar-refractivity contribution in [2.75, 3.05) is 0 Å². The van der Waals surface area contributed by atoms with Gasteiger partial charge in [-0.1, -0.05) is 23.2 Å². The molecule has 0 unspecified atom stereocenters. The van der Waals surface area contributed by atoms with Gasteiger partial charge in [-0.3, -0.25) is 0 Å². The minimum Gasteiger partial charge on any atom is -0.437 e. The lowest BCUT2D eigenvalue weighted by molar-refractivity contribution is 0.462. The molecule has 88 valence electrons. The summed E-state index contributed by atoms with van der Waals surface area (Å²) < 4.78 is 5.55. The van der Waals surface area contributed by atoms with Crippen LogP contribution in [0.2, 0.25) is 10.0 Å². The van der Waals surface area contributed by atoms with Crippen molar-refractivity contribution in [3.8, 4) is 11.6 Å². The molecule has 2 nitrogen and oxygen atoms in total. The normalized spacial score (nSPS) is 10.3. The van der Waals surface area contributed by atoms with Gasteiger partial charge in [0.25, 0.3) is 0 Å². The van der Waals surface area contributed by atoms with E-state index in [4.69, 9.17) is 39.5 Å². The summed E-state index contributed by atoms with van der Waals surface area (Å²) in [7, 11) is 0. The van der Waals surface area contributed by atoms with E-state index < -0.39 is 0 Å². The van der Waals surface area contributed by atoms with Crippen molar-refractivity contribution in [1.29, 1.82) is 0 Å². The fraction of sp³-hybridized carbons (Fsp3) is 0.0833. The number of alkyl halides is 1. The van der Waals surface area contributed by atoms with Crippen LogP contribution in [0.4, 0.5) is 0 Å². The van der Waals surface area contributed by atoms with Gasteiger partial charge in [0.1, 0.15) is 5.75 Å². The standard InChI is InChI=1S/C12H8Cl3NO/c13-7-8-3-4-16-12(5-8)17-11-2-1-9(14)6-10(11)15/h1-6H,7H2. The van der Waals surface area contributed by atoms with Gasteiger partial charge in [-0.25, -0.2) is 4.98 Å². The number of benzene rings is 1. The van der Waals surface area contributed by atoms with E-state index in [0.29, 0.717) is 27.6 Å². The van der Waals surface area contributed by atoms with Crippen molar-refractivity contribution in [2.24, 2.45) is 0 Å². The average molecular weight is 289 g/mol. The highest BCUT2D eigenvalue weighted by Gasteiger charge is 2.05. The number of rotatable bonds is 3. The van der Waals surface area contributed by atoms with Crippen LogP contribution < -0.4 is 4.74 Å². The Hall–Kier alpha value is -0.960. The monoisotopic (exact) mass is 287 g/mol. The maximum Gasteiger partial charge on any atom is 0.219 e. The minimum atomic E-state index is 0.410. The molecule has 0 saturated heterocycles. The van der Waals surface area contributed by atoms with E-state index in [0.717, 1.165) is 5.56 Å². The van der Waals surface area contributed by atoms with E-state index in [-0.39, 0.29) is 0 Å². The number of hydrogen-bond donors (Lipinski definition) is 0. The fourth-order valence-electron chi connectivity index (χ4n) is 1.26. The first kappa shape index (κ1) is 12.5. The molecule has 0 saturated carbocycles. The van der Waals surface area contributed by atoms with Crippen molar-refractivity contribution >= 4 is 34.8 Å². The van der Waals surface area contributed by atoms with Crippen LogP contribution in [0.15, 0.2) is 36.5 Å². The molecule has 0 aliphatic rings. The first-order chi connectivity index (χ1) is 8.19. The molecule has 0 aliphatic heterocycles. The molecule has 0 spiro atoms. The zero-order chi connectivity index (χ0) is 12.3. The van der Waals surface area contributed by atoms with Crippen LogP contribution >= 0.6 is 34.8 Å². The van der Waals surface area contributed by atoms with Gasteiger partial charge in [-0.05, 0) is 29.8 Å². The lowest BCUT2D eigenvalue weighted by atomic mass is 10.3. The van der Waals surface area contributed by atoms with Crippen molar-refractivity contribution in [3.05, 3.63) is 52.1 Å². The molecule has 0 bridgehead atoms. The van der Waals surface area contributed by atoms with Crippen LogP contribution in [0, 0.1) is 0 Å². The molecule has 0 radical (unpaired) electrons. The van der Waals surface area contributed by atoms with Gasteiger partial charge >= 0.3 is 0 Å². The number of halogens is 3. The summed E-state index contributed by atoms with van der Waals surface area (Å²) in [6.45, 7) is 0. The van der Waals surface area contributed by atoms with Crippen molar-refractivity contribution < 1.29 is 4.74 Å². The largest absolute Gasteiger partial charge is 0.437 e. The molecular weight excluding hydrogens is 280 g/mol. The number of aromatic nitrogens is 1. The Morgan fingerprint density at radius 2 is 1.94 bits per heavy atom. The van der Waals surface area contributed by atoms with Gasteiger partial charge in [-0.15, -0.1) is 11.6 Å². The summed E-state index contributed by atoms with van der Waals surface area (Å²) in [5, 5.41) is 1.00. The van der Waals surface area contributed by atoms with Crippen LogP contribution in [-0.4, -0.2) is 4.98 Å². The van der Waals surface area contributed by atoms with Gasteiger partial charge in [-0.2, -0.15) is 0 Å². The highest BCUT2D eigenvalue weighted by molar-refractivity contribution is 6.35. The molecule has 5 heteroatoms. The van der Waals surface area contributed by atoms with Gasteiger partial charge < -0.3 is 4.74 Å². The van der Waals surface area contributed by atoms with Gasteiger partial charge in [0.05, 0.1) is 5.02 Å². The maximum atomic E-state index is 5.99. The Morgan fingerprint density at radius 1 is 1.12 bits per heavy atom. The molecule has 2 rings (SSSR count). The molecule has 0 N–H and O–H groups in total. The van der Waals surface area contributed by atoms with Gasteiger partial charge in [0.15, 0.2) is 0 Å². The van der Waals surface area contributed by atoms with Crippen LogP contribution in [0.3, 0.4) is 0 Å². The molecule has 1 heterocycles. The summed E-state index contributed by atoms with van der Waals surface area (Å²) >= 11 is 17.5. The third-order valence-electron chi connectivity index (χ3n) is 2.06. The summed E-state index contributed by atoms with van der Waals surface area (Å²) in [6, 6.07) is 8.60. The smallest absolute Gasteiger partial charge is 0.219 e. The van der Waals surface area contributed by atoms with Crippen LogP contribution in [-0.2, 0) is 5.88 Å². The number of hydrogen-bond acceptors (Lipinski definition) is 2. The minimum absolute atomic E-state index is 0.410. The third-order valence-corrected chi connectivity index (χ3v) is 2.90. The fourth-order valence-corrected chi connectivity index (χ4v) is 1.87. The highest BCUT2D eigenvalue weighted by atomic mass is 35.5. The molecule has 0 atom stereocenters. The van der Waals surface area contributed by atoms with E-state index in [9.17, 15) is 0 Å². The van der Waals surface area contributed by atoms with E-state index in [1.165, 1.54) is 0 Å². The summed E-state index contributed by atoms with van der Waals surface area (Å²) in [5.74, 6) is 1.37. The molecule has 0 fully saturated rings. The van der Waals surface area contributed by atoms with Crippen LogP contribution in [0.1, 0.15) is 5.56 Å². The highest BCUT2D eigenvalue weighted by Crippen LogP contribution is 2.30. The number of ether oxygens (including phenoxy) is 1. The predicted molar refractivity (Wildman–Crippen MR) is 70.3 cm³/mol. The van der Waals surface area contributed by atoms with Crippen molar-refractivity contribution in [1.82, 2.24) is 4.98 Å². The second-order valence-corrected chi connectivity index (χ2v) is 4.42. The Balaban J connectivity index is 2.25. The average Bonchev–Trinajstić information content (AvgIpc) is 2.33. The maximum absolute atomic E-state index is 5.99. The molecule has 2 aromatic rings. The number of nitrogens with zero attached hydrogens (tertiary/aromatic N) is 1. The van der Waals surface area contributed by atoms with Gasteiger partial charge in [0.2, 0.25) is 5.88 Å².